The minimum absolute atomic E-state index is 0.334. The molecule has 1 aromatic rings. The summed E-state index contributed by atoms with van der Waals surface area (Å²) in [6.45, 7) is 6.88. The van der Waals surface area contributed by atoms with Crippen molar-refractivity contribution in [3.05, 3.63) is 41.5 Å². The molecule has 0 N–H and O–H groups in total. The summed E-state index contributed by atoms with van der Waals surface area (Å²) >= 11 is 0. The largest absolute Gasteiger partial charge is 0.462 e. The lowest BCUT2D eigenvalue weighted by Gasteiger charge is -2.13. The van der Waals surface area contributed by atoms with Crippen LogP contribution in [0.25, 0.3) is 6.08 Å². The molecule has 0 saturated carbocycles. The zero-order valence-corrected chi connectivity index (χ0v) is 14.9. The molecule has 1 unspecified atom stereocenters. The SMILES string of the molecule is CCCCC(CC)COC(=O)/C=C/c1ccc(C(=O)OCC)cc1. The smallest absolute Gasteiger partial charge is 0.338 e. The number of carbonyl (C=O) groups is 2. The summed E-state index contributed by atoms with van der Waals surface area (Å²) in [6.07, 6.45) is 7.55. The van der Waals surface area contributed by atoms with E-state index in [9.17, 15) is 9.59 Å². The zero-order valence-electron chi connectivity index (χ0n) is 14.9. The number of hydrogen-bond acceptors (Lipinski definition) is 4. The molecule has 1 aromatic carbocycles. The molecule has 0 radical (unpaired) electrons. The average molecular weight is 332 g/mol. The van der Waals surface area contributed by atoms with E-state index in [2.05, 4.69) is 13.8 Å². The third-order valence-corrected chi connectivity index (χ3v) is 3.84. The molecule has 4 nitrogen and oxygen atoms in total. The Labute approximate surface area is 144 Å². The van der Waals surface area contributed by atoms with Crippen LogP contribution in [0.15, 0.2) is 30.3 Å². The maximum atomic E-state index is 11.8. The highest BCUT2D eigenvalue weighted by molar-refractivity contribution is 5.90. The van der Waals surface area contributed by atoms with E-state index < -0.39 is 0 Å². The molecule has 0 amide bonds. The molecule has 0 fully saturated rings. The average Bonchev–Trinajstić information content (AvgIpc) is 2.60. The Balaban J connectivity index is 2.47. The van der Waals surface area contributed by atoms with E-state index in [0.29, 0.717) is 24.7 Å². The van der Waals surface area contributed by atoms with E-state index in [4.69, 9.17) is 9.47 Å². The fraction of sp³-hybridized carbons (Fsp3) is 0.500. The second kappa shape index (κ2) is 11.4. The summed E-state index contributed by atoms with van der Waals surface area (Å²) in [6, 6.07) is 6.90. The molecule has 132 valence electrons. The summed E-state index contributed by atoms with van der Waals surface area (Å²) in [5.41, 5.74) is 1.33. The number of hydrogen-bond donors (Lipinski definition) is 0. The van der Waals surface area contributed by atoms with Crippen LogP contribution in [-0.2, 0) is 14.3 Å². The molecule has 0 aliphatic heterocycles. The summed E-state index contributed by atoms with van der Waals surface area (Å²) in [7, 11) is 0. The highest BCUT2D eigenvalue weighted by Crippen LogP contribution is 2.13. The molecular formula is C20H28O4. The van der Waals surface area contributed by atoms with Crippen molar-refractivity contribution in [2.45, 2.75) is 46.5 Å². The number of rotatable bonds is 10. The van der Waals surface area contributed by atoms with Gasteiger partial charge in [-0.2, -0.15) is 0 Å². The lowest BCUT2D eigenvalue weighted by atomic mass is 10.0. The van der Waals surface area contributed by atoms with Gasteiger partial charge in [-0.15, -0.1) is 0 Å². The van der Waals surface area contributed by atoms with Crippen LogP contribution >= 0.6 is 0 Å². The van der Waals surface area contributed by atoms with E-state index >= 15 is 0 Å². The highest BCUT2D eigenvalue weighted by atomic mass is 16.5. The Kier molecular flexibility index (Phi) is 9.51. The molecule has 0 saturated heterocycles. The van der Waals surface area contributed by atoms with Crippen molar-refractivity contribution in [3.8, 4) is 0 Å². The fourth-order valence-electron chi connectivity index (χ4n) is 2.26. The van der Waals surface area contributed by atoms with Crippen molar-refractivity contribution in [2.75, 3.05) is 13.2 Å². The monoisotopic (exact) mass is 332 g/mol. The molecule has 0 aromatic heterocycles. The summed E-state index contributed by atoms with van der Waals surface area (Å²) < 4.78 is 10.2. The van der Waals surface area contributed by atoms with Crippen LogP contribution in [0.2, 0.25) is 0 Å². The summed E-state index contributed by atoms with van der Waals surface area (Å²) in [5, 5.41) is 0. The number of unbranched alkanes of at least 4 members (excludes halogenated alkanes) is 1. The molecule has 1 atom stereocenters. The number of carbonyl (C=O) groups excluding carboxylic acids is 2. The van der Waals surface area contributed by atoms with E-state index in [1.54, 1.807) is 37.3 Å². The third-order valence-electron chi connectivity index (χ3n) is 3.84. The van der Waals surface area contributed by atoms with Crippen LogP contribution in [0.1, 0.15) is 62.4 Å². The van der Waals surface area contributed by atoms with Gasteiger partial charge in [0, 0.05) is 6.08 Å². The van der Waals surface area contributed by atoms with E-state index in [0.717, 1.165) is 24.8 Å². The molecule has 1 rings (SSSR count). The van der Waals surface area contributed by atoms with Crippen LogP contribution in [-0.4, -0.2) is 25.2 Å². The van der Waals surface area contributed by atoms with E-state index in [-0.39, 0.29) is 11.9 Å². The Bertz CT molecular complexity index is 531. The predicted molar refractivity (Wildman–Crippen MR) is 95.7 cm³/mol. The minimum Gasteiger partial charge on any atom is -0.462 e. The van der Waals surface area contributed by atoms with Crippen molar-refractivity contribution in [1.29, 1.82) is 0 Å². The first-order valence-electron chi connectivity index (χ1n) is 8.72. The Morgan fingerprint density at radius 1 is 1.08 bits per heavy atom. The van der Waals surface area contributed by atoms with Crippen LogP contribution in [0.3, 0.4) is 0 Å². The first-order valence-corrected chi connectivity index (χ1v) is 8.72. The second-order valence-electron chi connectivity index (χ2n) is 5.72. The van der Waals surface area contributed by atoms with Gasteiger partial charge in [-0.3, -0.25) is 0 Å². The van der Waals surface area contributed by atoms with Crippen LogP contribution in [0.4, 0.5) is 0 Å². The molecule has 24 heavy (non-hydrogen) atoms. The maximum absolute atomic E-state index is 11.8. The van der Waals surface area contributed by atoms with Crippen molar-refractivity contribution in [1.82, 2.24) is 0 Å². The quantitative estimate of drug-likeness (QED) is 0.463. The Morgan fingerprint density at radius 2 is 1.79 bits per heavy atom. The first kappa shape index (κ1) is 19.9. The number of ether oxygens (including phenoxy) is 2. The molecule has 0 aliphatic rings. The van der Waals surface area contributed by atoms with E-state index in [1.807, 2.05) is 0 Å². The minimum atomic E-state index is -0.342. The van der Waals surface area contributed by atoms with Crippen molar-refractivity contribution in [3.63, 3.8) is 0 Å². The van der Waals surface area contributed by atoms with Gasteiger partial charge in [-0.25, -0.2) is 9.59 Å². The highest BCUT2D eigenvalue weighted by Gasteiger charge is 2.08. The topological polar surface area (TPSA) is 52.6 Å². The molecule has 0 spiro atoms. The van der Waals surface area contributed by atoms with Crippen molar-refractivity contribution >= 4 is 18.0 Å². The van der Waals surface area contributed by atoms with Gasteiger partial charge in [0.25, 0.3) is 0 Å². The van der Waals surface area contributed by atoms with Crippen molar-refractivity contribution in [2.24, 2.45) is 5.92 Å². The second-order valence-corrected chi connectivity index (χ2v) is 5.72. The standard InChI is InChI=1S/C20H28O4/c1-4-7-8-16(5-2)15-24-19(21)14-11-17-9-12-18(13-10-17)20(22)23-6-3/h9-14,16H,4-8,15H2,1-3H3/b14-11+. The Morgan fingerprint density at radius 3 is 2.38 bits per heavy atom. The normalized spacial score (nSPS) is 12.1. The molecule has 0 bridgehead atoms. The number of benzene rings is 1. The van der Waals surface area contributed by atoms with E-state index in [1.165, 1.54) is 12.5 Å². The lowest BCUT2D eigenvalue weighted by molar-refractivity contribution is -0.139. The molecule has 0 aliphatic carbocycles. The Hall–Kier alpha value is -2.10. The number of esters is 2. The zero-order chi connectivity index (χ0) is 17.8. The van der Waals surface area contributed by atoms with Gasteiger partial charge < -0.3 is 9.47 Å². The van der Waals surface area contributed by atoms with Crippen LogP contribution in [0.5, 0.6) is 0 Å². The van der Waals surface area contributed by atoms with Gasteiger partial charge in [0.1, 0.15) is 0 Å². The first-order chi connectivity index (χ1) is 11.6. The van der Waals surface area contributed by atoms with Crippen LogP contribution < -0.4 is 0 Å². The lowest BCUT2D eigenvalue weighted by Crippen LogP contribution is -2.12. The predicted octanol–water partition coefficient (Wildman–Crippen LogP) is 4.64. The van der Waals surface area contributed by atoms with Gasteiger partial charge in [0.15, 0.2) is 0 Å². The molecule has 4 heteroatoms. The molecule has 0 heterocycles. The fourth-order valence-corrected chi connectivity index (χ4v) is 2.26. The summed E-state index contributed by atoms with van der Waals surface area (Å²) in [5.74, 6) is -0.240. The summed E-state index contributed by atoms with van der Waals surface area (Å²) in [4.78, 5) is 23.3. The van der Waals surface area contributed by atoms with Gasteiger partial charge >= 0.3 is 11.9 Å². The third kappa shape index (κ3) is 7.44. The maximum Gasteiger partial charge on any atom is 0.338 e. The van der Waals surface area contributed by atoms with Gasteiger partial charge in [-0.1, -0.05) is 45.2 Å². The van der Waals surface area contributed by atoms with Crippen LogP contribution in [0, 0.1) is 5.92 Å². The van der Waals surface area contributed by atoms with Gasteiger partial charge in [0.2, 0.25) is 0 Å². The van der Waals surface area contributed by atoms with Gasteiger partial charge in [0.05, 0.1) is 18.8 Å². The molecular weight excluding hydrogens is 304 g/mol. The van der Waals surface area contributed by atoms with Gasteiger partial charge in [-0.05, 0) is 43.0 Å². The van der Waals surface area contributed by atoms with Crippen molar-refractivity contribution < 1.29 is 19.1 Å².